The third-order valence-electron chi connectivity index (χ3n) is 5.42. The number of nitrogens with zero attached hydrogens (tertiary/aromatic N) is 4. The molecule has 11 nitrogen and oxygen atoms in total. The second-order valence-electron chi connectivity index (χ2n) is 7.76. The first-order valence-corrected chi connectivity index (χ1v) is 11.8. The van der Waals surface area contributed by atoms with Crippen molar-refractivity contribution in [2.24, 2.45) is 4.40 Å². The molecule has 1 saturated heterocycles. The molecule has 2 aromatic carbocycles. The maximum absolute atomic E-state index is 12.9. The topological polar surface area (TPSA) is 151 Å². The molecule has 0 bridgehead atoms. The van der Waals surface area contributed by atoms with Gasteiger partial charge in [0.15, 0.2) is 5.69 Å². The normalized spacial score (nSPS) is 16.0. The van der Waals surface area contributed by atoms with Crippen LogP contribution in [0.2, 0.25) is 0 Å². The average molecular weight is 471 g/mol. The number of sulfonamides is 1. The minimum absolute atomic E-state index is 0.0396. The van der Waals surface area contributed by atoms with Gasteiger partial charge in [0.05, 0.1) is 15.3 Å². The van der Waals surface area contributed by atoms with Crippen molar-refractivity contribution in [2.45, 2.75) is 30.6 Å². The molecule has 0 radical (unpaired) electrons. The van der Waals surface area contributed by atoms with Crippen LogP contribution in [-0.4, -0.2) is 53.8 Å². The van der Waals surface area contributed by atoms with E-state index in [2.05, 4.69) is 19.9 Å². The van der Waals surface area contributed by atoms with E-state index in [0.29, 0.717) is 17.8 Å². The maximum atomic E-state index is 12.9. The minimum atomic E-state index is -3.97. The number of hydrogen-bond donors (Lipinski definition) is 2. The van der Waals surface area contributed by atoms with Crippen LogP contribution < -0.4 is 5.32 Å². The van der Waals surface area contributed by atoms with Crippen LogP contribution in [0.1, 0.15) is 36.2 Å². The number of carbonyl (C=O) groups is 1. The summed E-state index contributed by atoms with van der Waals surface area (Å²) in [6, 6.07) is 9.82. The van der Waals surface area contributed by atoms with Crippen LogP contribution in [0, 0.1) is 10.1 Å². The van der Waals surface area contributed by atoms with E-state index in [1.165, 1.54) is 36.4 Å². The maximum Gasteiger partial charge on any atom is 0.284 e. The smallest absolute Gasteiger partial charge is 0.284 e. The summed E-state index contributed by atoms with van der Waals surface area (Å²) < 4.78 is 29.8. The van der Waals surface area contributed by atoms with Gasteiger partial charge in [-0.25, -0.2) is 0 Å². The van der Waals surface area contributed by atoms with Crippen molar-refractivity contribution < 1.29 is 18.1 Å². The fourth-order valence-corrected chi connectivity index (χ4v) is 4.79. The number of nitro benzene ring substituents is 1. The lowest BCUT2D eigenvalue weighted by Crippen LogP contribution is -2.26. The molecule has 1 aromatic heterocycles. The van der Waals surface area contributed by atoms with Crippen LogP contribution in [-0.2, 0) is 10.0 Å². The molecule has 4 rings (SSSR count). The van der Waals surface area contributed by atoms with Gasteiger partial charge in [0.25, 0.3) is 21.6 Å². The van der Waals surface area contributed by atoms with Crippen molar-refractivity contribution in [2.75, 3.05) is 18.9 Å². The number of non-ortho nitro benzene ring substituents is 1. The lowest BCUT2D eigenvalue weighted by Gasteiger charge is -2.17. The molecule has 0 unspecified atom stereocenters. The molecule has 2 N–H and O–H groups in total. The number of anilines is 1. The van der Waals surface area contributed by atoms with Gasteiger partial charge in [-0.2, -0.15) is 13.5 Å². The molecule has 0 aliphatic carbocycles. The number of H-pyrrole nitrogens is 1. The van der Waals surface area contributed by atoms with E-state index >= 15 is 0 Å². The van der Waals surface area contributed by atoms with Crippen molar-refractivity contribution in [1.82, 2.24) is 15.1 Å². The van der Waals surface area contributed by atoms with Crippen LogP contribution in [0.3, 0.4) is 0 Å². The Labute approximate surface area is 189 Å². The number of likely N-dealkylation sites (tertiary alicyclic amines) is 1. The Morgan fingerprint density at radius 2 is 2.03 bits per heavy atom. The highest BCUT2D eigenvalue weighted by atomic mass is 32.2. The first-order chi connectivity index (χ1) is 15.7. The Balaban J connectivity index is 1.60. The lowest BCUT2D eigenvalue weighted by molar-refractivity contribution is -0.384. The number of aromatic amines is 1. The summed E-state index contributed by atoms with van der Waals surface area (Å²) in [5.41, 5.74) is 0.485. The Bertz CT molecular complexity index is 1360. The summed E-state index contributed by atoms with van der Waals surface area (Å²) in [4.78, 5) is 25.1. The standard InChI is InChI=1S/C21H22N6O5S/c1-26-11-4-2-3-8-19(26)25-33(31,32)16-7-5-6-14(12-16)22-21(28)20-17-13-15(27(29)30)9-10-18(17)23-24-20/h5-7,9-10,12-13H,2-4,8,11H2,1H3,(H,22,28)(H,23,24)/b25-19-. The summed E-state index contributed by atoms with van der Waals surface area (Å²) in [5, 5.41) is 20.6. The molecule has 172 valence electrons. The van der Waals surface area contributed by atoms with E-state index in [0.717, 1.165) is 25.8 Å². The molecule has 0 atom stereocenters. The van der Waals surface area contributed by atoms with Crippen molar-refractivity contribution in [1.29, 1.82) is 0 Å². The van der Waals surface area contributed by atoms with Gasteiger partial charge in [0.2, 0.25) is 0 Å². The molecular formula is C21H22N6O5S. The third kappa shape index (κ3) is 4.85. The van der Waals surface area contributed by atoms with Gasteiger partial charge in [-0.15, -0.1) is 4.40 Å². The number of rotatable bonds is 5. The number of nitrogens with one attached hydrogen (secondary N) is 2. The fraction of sp³-hybridized carbons (Fsp3) is 0.286. The molecule has 0 saturated carbocycles. The molecule has 12 heteroatoms. The van der Waals surface area contributed by atoms with Crippen molar-refractivity contribution >= 4 is 44.0 Å². The Kier molecular flexibility index (Phi) is 6.09. The number of aromatic nitrogens is 2. The molecule has 33 heavy (non-hydrogen) atoms. The van der Waals surface area contributed by atoms with Crippen LogP contribution in [0.5, 0.6) is 0 Å². The average Bonchev–Trinajstić information content (AvgIpc) is 3.11. The number of carbonyl (C=O) groups excluding carboxylic acids is 1. The highest BCUT2D eigenvalue weighted by molar-refractivity contribution is 7.90. The third-order valence-corrected chi connectivity index (χ3v) is 6.72. The van der Waals surface area contributed by atoms with Gasteiger partial charge in [-0.05, 0) is 37.1 Å². The zero-order chi connectivity index (χ0) is 23.6. The summed E-state index contributed by atoms with van der Waals surface area (Å²) in [6.45, 7) is 0.750. The zero-order valence-electron chi connectivity index (χ0n) is 17.8. The van der Waals surface area contributed by atoms with Gasteiger partial charge in [0, 0.05) is 43.2 Å². The van der Waals surface area contributed by atoms with Crippen LogP contribution in [0.25, 0.3) is 10.9 Å². The number of amides is 1. The number of nitro groups is 1. The Morgan fingerprint density at radius 1 is 1.21 bits per heavy atom. The number of benzene rings is 2. The van der Waals surface area contributed by atoms with E-state index in [1.54, 1.807) is 6.07 Å². The van der Waals surface area contributed by atoms with Gasteiger partial charge >= 0.3 is 0 Å². The highest BCUT2D eigenvalue weighted by Crippen LogP contribution is 2.24. The van der Waals surface area contributed by atoms with E-state index in [4.69, 9.17) is 0 Å². The van der Waals surface area contributed by atoms with Crippen molar-refractivity contribution in [3.8, 4) is 0 Å². The summed E-state index contributed by atoms with van der Waals surface area (Å²) in [5.74, 6) is -0.113. The Hall–Kier alpha value is -3.80. The molecule has 0 spiro atoms. The predicted octanol–water partition coefficient (Wildman–Crippen LogP) is 3.32. The number of fused-ring (bicyclic) bond motifs is 1. The summed E-state index contributed by atoms with van der Waals surface area (Å²) in [7, 11) is -2.14. The highest BCUT2D eigenvalue weighted by Gasteiger charge is 2.21. The van der Waals surface area contributed by atoms with Crippen LogP contribution >= 0.6 is 0 Å². The van der Waals surface area contributed by atoms with Gasteiger partial charge in [-0.3, -0.25) is 20.0 Å². The van der Waals surface area contributed by atoms with Crippen LogP contribution in [0.4, 0.5) is 11.4 Å². The first-order valence-electron chi connectivity index (χ1n) is 10.3. The van der Waals surface area contributed by atoms with E-state index in [9.17, 15) is 23.3 Å². The van der Waals surface area contributed by atoms with Crippen molar-refractivity contribution in [3.05, 3.63) is 58.3 Å². The number of amidine groups is 1. The molecule has 1 fully saturated rings. The minimum Gasteiger partial charge on any atom is -0.362 e. The fourth-order valence-electron chi connectivity index (χ4n) is 3.65. The second kappa shape index (κ2) is 8.98. The number of hydrogen-bond acceptors (Lipinski definition) is 6. The molecule has 3 aromatic rings. The van der Waals surface area contributed by atoms with Gasteiger partial charge < -0.3 is 10.2 Å². The van der Waals surface area contributed by atoms with E-state index in [1.807, 2.05) is 11.9 Å². The van der Waals surface area contributed by atoms with E-state index < -0.39 is 20.9 Å². The summed E-state index contributed by atoms with van der Waals surface area (Å²) in [6.07, 6.45) is 3.48. The molecule has 2 heterocycles. The zero-order valence-corrected chi connectivity index (χ0v) is 18.6. The summed E-state index contributed by atoms with van der Waals surface area (Å²) >= 11 is 0. The molecule has 1 amide bonds. The predicted molar refractivity (Wildman–Crippen MR) is 123 cm³/mol. The first kappa shape index (κ1) is 22.4. The van der Waals surface area contributed by atoms with Gasteiger partial charge in [-0.1, -0.05) is 12.5 Å². The molecule has 1 aliphatic heterocycles. The molecule has 1 aliphatic rings. The largest absolute Gasteiger partial charge is 0.362 e. The second-order valence-corrected chi connectivity index (χ2v) is 9.36. The monoisotopic (exact) mass is 470 g/mol. The quantitative estimate of drug-likeness (QED) is 0.429. The lowest BCUT2D eigenvalue weighted by atomic mass is 10.2. The van der Waals surface area contributed by atoms with Crippen molar-refractivity contribution in [3.63, 3.8) is 0 Å². The molecular weight excluding hydrogens is 448 g/mol. The van der Waals surface area contributed by atoms with E-state index in [-0.39, 0.29) is 27.4 Å². The Morgan fingerprint density at radius 3 is 2.82 bits per heavy atom. The van der Waals surface area contributed by atoms with Crippen LogP contribution in [0.15, 0.2) is 51.8 Å². The van der Waals surface area contributed by atoms with Gasteiger partial charge in [0.1, 0.15) is 5.84 Å². The SMILES string of the molecule is CN1CCCCC/C1=N/S(=O)(=O)c1cccc(NC(=O)c2n[nH]c3ccc([N+](=O)[O-])cc23)c1.